The Morgan fingerprint density at radius 3 is 2.71 bits per heavy atom. The first-order valence-corrected chi connectivity index (χ1v) is 4.06. The summed E-state index contributed by atoms with van der Waals surface area (Å²) in [6, 6.07) is 3.70. The van der Waals surface area contributed by atoms with Gasteiger partial charge in [-0.15, -0.1) is 0 Å². The third kappa shape index (κ3) is 1.72. The zero-order chi connectivity index (χ0) is 10.7. The number of aryl methyl sites for hydroxylation is 2. The third-order valence-corrected chi connectivity index (χ3v) is 1.84. The molecular formula is C10H10N2O2. The van der Waals surface area contributed by atoms with E-state index in [1.165, 1.54) is 7.11 Å². The molecule has 0 amide bonds. The Bertz CT molecular complexity index is 419. The predicted octanol–water partition coefficient (Wildman–Crippen LogP) is 1.36. The standard InChI is InChI=1S/C10H10N2O2/c1-6-4-7(2)12-9(8(6)5-11)10(13)14-3/h4H,1-3H3. The van der Waals surface area contributed by atoms with E-state index in [-0.39, 0.29) is 11.3 Å². The average Bonchev–Trinajstić information content (AvgIpc) is 2.15. The molecule has 1 aromatic heterocycles. The van der Waals surface area contributed by atoms with Gasteiger partial charge in [0, 0.05) is 5.69 Å². The van der Waals surface area contributed by atoms with E-state index in [4.69, 9.17) is 5.26 Å². The highest BCUT2D eigenvalue weighted by Crippen LogP contribution is 2.13. The van der Waals surface area contributed by atoms with Gasteiger partial charge in [-0.05, 0) is 25.5 Å². The highest BCUT2D eigenvalue weighted by atomic mass is 16.5. The largest absolute Gasteiger partial charge is 0.464 e. The van der Waals surface area contributed by atoms with Gasteiger partial charge in [-0.3, -0.25) is 0 Å². The smallest absolute Gasteiger partial charge is 0.358 e. The van der Waals surface area contributed by atoms with E-state index in [2.05, 4.69) is 9.72 Å². The maximum absolute atomic E-state index is 11.3. The van der Waals surface area contributed by atoms with E-state index >= 15 is 0 Å². The fourth-order valence-corrected chi connectivity index (χ4v) is 1.22. The Kier molecular flexibility index (Phi) is 2.82. The van der Waals surface area contributed by atoms with Crippen molar-refractivity contribution in [2.75, 3.05) is 7.11 Å². The minimum atomic E-state index is -0.576. The summed E-state index contributed by atoms with van der Waals surface area (Å²) in [6.07, 6.45) is 0. The quantitative estimate of drug-likeness (QED) is 0.627. The van der Waals surface area contributed by atoms with Crippen LogP contribution in [-0.2, 0) is 4.74 Å². The topological polar surface area (TPSA) is 63.0 Å². The second-order valence-corrected chi connectivity index (χ2v) is 2.91. The summed E-state index contributed by atoms with van der Waals surface area (Å²) >= 11 is 0. The summed E-state index contributed by atoms with van der Waals surface area (Å²) in [7, 11) is 1.27. The molecule has 0 atom stereocenters. The van der Waals surface area contributed by atoms with Gasteiger partial charge in [0.25, 0.3) is 0 Å². The Labute approximate surface area is 82.1 Å². The Balaban J connectivity index is 3.41. The highest BCUT2D eigenvalue weighted by molar-refractivity contribution is 5.90. The second kappa shape index (κ2) is 3.88. The van der Waals surface area contributed by atoms with Gasteiger partial charge in [0.2, 0.25) is 0 Å². The molecule has 0 aliphatic rings. The van der Waals surface area contributed by atoms with Crippen molar-refractivity contribution < 1.29 is 9.53 Å². The molecule has 0 unspecified atom stereocenters. The summed E-state index contributed by atoms with van der Waals surface area (Å²) in [5.74, 6) is -0.576. The van der Waals surface area contributed by atoms with Crippen LogP contribution in [0.25, 0.3) is 0 Å². The molecule has 1 rings (SSSR count). The van der Waals surface area contributed by atoms with Crippen LogP contribution in [-0.4, -0.2) is 18.1 Å². The number of pyridine rings is 1. The van der Waals surface area contributed by atoms with Crippen molar-refractivity contribution >= 4 is 5.97 Å². The molecule has 0 bridgehead atoms. The number of esters is 1. The van der Waals surface area contributed by atoms with Gasteiger partial charge in [-0.25, -0.2) is 9.78 Å². The molecule has 4 heteroatoms. The van der Waals surface area contributed by atoms with Gasteiger partial charge in [0.15, 0.2) is 5.69 Å². The Morgan fingerprint density at radius 2 is 2.21 bits per heavy atom. The Morgan fingerprint density at radius 1 is 1.57 bits per heavy atom. The number of hydrogen-bond donors (Lipinski definition) is 0. The molecule has 0 spiro atoms. The van der Waals surface area contributed by atoms with Crippen LogP contribution in [0.1, 0.15) is 27.3 Å². The van der Waals surface area contributed by atoms with Crippen molar-refractivity contribution in [3.8, 4) is 6.07 Å². The number of carbonyl (C=O) groups excluding carboxylic acids is 1. The first-order chi connectivity index (χ1) is 6.60. The van der Waals surface area contributed by atoms with Gasteiger partial charge in [0.05, 0.1) is 12.7 Å². The summed E-state index contributed by atoms with van der Waals surface area (Å²) in [5, 5.41) is 8.84. The lowest BCUT2D eigenvalue weighted by Gasteiger charge is -2.04. The van der Waals surface area contributed by atoms with Crippen LogP contribution in [0.3, 0.4) is 0 Å². The maximum atomic E-state index is 11.3. The van der Waals surface area contributed by atoms with Crippen molar-refractivity contribution in [2.24, 2.45) is 0 Å². The van der Waals surface area contributed by atoms with E-state index in [0.717, 1.165) is 5.56 Å². The van der Waals surface area contributed by atoms with Crippen LogP contribution < -0.4 is 0 Å². The predicted molar refractivity (Wildman–Crippen MR) is 49.8 cm³/mol. The van der Waals surface area contributed by atoms with Gasteiger partial charge >= 0.3 is 5.97 Å². The van der Waals surface area contributed by atoms with Crippen molar-refractivity contribution in [3.63, 3.8) is 0 Å². The third-order valence-electron chi connectivity index (χ3n) is 1.84. The molecular weight excluding hydrogens is 180 g/mol. The van der Waals surface area contributed by atoms with Crippen molar-refractivity contribution in [1.82, 2.24) is 4.98 Å². The summed E-state index contributed by atoms with van der Waals surface area (Å²) in [4.78, 5) is 15.2. The summed E-state index contributed by atoms with van der Waals surface area (Å²) < 4.78 is 4.54. The van der Waals surface area contributed by atoms with Crippen molar-refractivity contribution in [1.29, 1.82) is 5.26 Å². The second-order valence-electron chi connectivity index (χ2n) is 2.91. The summed E-state index contributed by atoms with van der Waals surface area (Å²) in [6.45, 7) is 3.53. The molecule has 0 aromatic carbocycles. The lowest BCUT2D eigenvalue weighted by atomic mass is 10.1. The van der Waals surface area contributed by atoms with E-state index in [1.54, 1.807) is 19.9 Å². The number of nitrogens with zero attached hydrogens (tertiary/aromatic N) is 2. The number of hydrogen-bond acceptors (Lipinski definition) is 4. The molecule has 0 radical (unpaired) electrons. The number of rotatable bonds is 1. The zero-order valence-electron chi connectivity index (χ0n) is 8.29. The molecule has 1 aromatic rings. The van der Waals surface area contributed by atoms with Crippen molar-refractivity contribution in [2.45, 2.75) is 13.8 Å². The van der Waals surface area contributed by atoms with Crippen LogP contribution in [0.5, 0.6) is 0 Å². The van der Waals surface area contributed by atoms with Crippen molar-refractivity contribution in [3.05, 3.63) is 28.6 Å². The normalized spacial score (nSPS) is 9.29. The lowest BCUT2D eigenvalue weighted by molar-refractivity contribution is 0.0593. The number of methoxy groups -OCH3 is 1. The molecule has 0 saturated carbocycles. The summed E-state index contributed by atoms with van der Waals surface area (Å²) in [5.41, 5.74) is 1.80. The first-order valence-electron chi connectivity index (χ1n) is 4.06. The average molecular weight is 190 g/mol. The maximum Gasteiger partial charge on any atom is 0.358 e. The zero-order valence-corrected chi connectivity index (χ0v) is 8.29. The number of aromatic nitrogens is 1. The minimum Gasteiger partial charge on any atom is -0.464 e. The molecule has 72 valence electrons. The van der Waals surface area contributed by atoms with Gasteiger partial charge in [0.1, 0.15) is 6.07 Å². The van der Waals surface area contributed by atoms with E-state index in [0.29, 0.717) is 5.69 Å². The molecule has 1 heterocycles. The molecule has 0 aliphatic carbocycles. The van der Waals surface area contributed by atoms with Crippen LogP contribution in [0.2, 0.25) is 0 Å². The van der Waals surface area contributed by atoms with Crippen LogP contribution in [0.15, 0.2) is 6.07 Å². The number of ether oxygens (including phenoxy) is 1. The van der Waals surface area contributed by atoms with Gasteiger partial charge < -0.3 is 4.74 Å². The lowest BCUT2D eigenvalue weighted by Crippen LogP contribution is -2.09. The molecule has 0 N–H and O–H groups in total. The van der Waals surface area contributed by atoms with Crippen LogP contribution in [0.4, 0.5) is 0 Å². The van der Waals surface area contributed by atoms with Crippen LogP contribution in [0, 0.1) is 25.2 Å². The minimum absolute atomic E-state index is 0.0903. The number of nitriles is 1. The van der Waals surface area contributed by atoms with Gasteiger partial charge in [-0.1, -0.05) is 0 Å². The van der Waals surface area contributed by atoms with Crippen LogP contribution >= 0.6 is 0 Å². The molecule has 4 nitrogen and oxygen atoms in total. The number of carbonyl (C=O) groups is 1. The van der Waals surface area contributed by atoms with Gasteiger partial charge in [-0.2, -0.15) is 5.26 Å². The first kappa shape index (κ1) is 10.2. The molecule has 0 fully saturated rings. The fourth-order valence-electron chi connectivity index (χ4n) is 1.22. The van der Waals surface area contributed by atoms with E-state index in [1.807, 2.05) is 6.07 Å². The monoisotopic (exact) mass is 190 g/mol. The Hall–Kier alpha value is -1.89. The highest BCUT2D eigenvalue weighted by Gasteiger charge is 2.16. The molecule has 0 aliphatic heterocycles. The van der Waals surface area contributed by atoms with E-state index in [9.17, 15) is 4.79 Å². The molecule has 14 heavy (non-hydrogen) atoms. The fraction of sp³-hybridized carbons (Fsp3) is 0.300. The SMILES string of the molecule is COC(=O)c1nc(C)cc(C)c1C#N. The molecule has 0 saturated heterocycles. The van der Waals surface area contributed by atoms with E-state index < -0.39 is 5.97 Å².